The van der Waals surface area contributed by atoms with E-state index in [1.165, 1.54) is 4.90 Å². The van der Waals surface area contributed by atoms with Gasteiger partial charge in [0.2, 0.25) is 0 Å². The van der Waals surface area contributed by atoms with Crippen molar-refractivity contribution in [2.45, 2.75) is 12.5 Å². The highest BCUT2D eigenvalue weighted by Gasteiger charge is 2.19. The molecule has 1 aromatic rings. The fourth-order valence-corrected chi connectivity index (χ4v) is 2.56. The molecule has 7 nitrogen and oxygen atoms in total. The van der Waals surface area contributed by atoms with Crippen LogP contribution < -0.4 is 4.90 Å². The van der Waals surface area contributed by atoms with Crippen LogP contribution >= 0.6 is 11.6 Å². The van der Waals surface area contributed by atoms with Crippen LogP contribution in [0.1, 0.15) is 6.42 Å². The average molecular weight is 338 g/mol. The Morgan fingerprint density at radius 2 is 2.05 bits per heavy atom. The van der Waals surface area contributed by atoms with Crippen LogP contribution in [0.2, 0.25) is 5.02 Å². The first-order valence-electron chi connectivity index (χ1n) is 6.03. The third kappa shape index (κ3) is 7.28. The molecule has 0 saturated heterocycles. The van der Waals surface area contributed by atoms with Gasteiger partial charge in [0.15, 0.2) is 0 Å². The number of hydrogen-bond acceptors (Lipinski definition) is 5. The molecule has 0 spiro atoms. The van der Waals surface area contributed by atoms with E-state index in [1.54, 1.807) is 24.3 Å². The zero-order chi connectivity index (χ0) is 16.0. The van der Waals surface area contributed by atoms with Crippen molar-refractivity contribution in [3.05, 3.63) is 29.3 Å². The Morgan fingerprint density at radius 3 is 2.57 bits per heavy atom. The molecule has 1 atom stereocenters. The highest BCUT2D eigenvalue weighted by Crippen LogP contribution is 2.20. The number of anilines is 1. The predicted octanol–water partition coefficient (Wildman–Crippen LogP) is 0.870. The molecule has 118 valence electrons. The number of benzene rings is 1. The highest BCUT2D eigenvalue weighted by molar-refractivity contribution is 7.85. The van der Waals surface area contributed by atoms with Crippen LogP contribution in [0.3, 0.4) is 0 Å². The minimum atomic E-state index is -4.31. The van der Waals surface area contributed by atoms with Crippen LogP contribution in [0.5, 0.6) is 0 Å². The summed E-state index contributed by atoms with van der Waals surface area (Å²) >= 11 is 5.85. The van der Waals surface area contributed by atoms with Gasteiger partial charge in [-0.3, -0.25) is 9.35 Å². The van der Waals surface area contributed by atoms with E-state index in [4.69, 9.17) is 21.3 Å². The Bertz CT molecular complexity index is 591. The van der Waals surface area contributed by atoms with E-state index in [-0.39, 0.29) is 19.5 Å². The number of aliphatic hydroxyl groups excluding tert-OH is 1. The molecule has 0 saturated carbocycles. The van der Waals surface area contributed by atoms with Crippen molar-refractivity contribution in [1.82, 2.24) is 0 Å². The van der Waals surface area contributed by atoms with Crippen LogP contribution in [0.25, 0.3) is 0 Å². The van der Waals surface area contributed by atoms with Crippen molar-refractivity contribution >= 4 is 33.4 Å². The predicted molar refractivity (Wildman–Crippen MR) is 78.3 cm³/mol. The van der Waals surface area contributed by atoms with Gasteiger partial charge in [-0.1, -0.05) is 17.7 Å². The minimum Gasteiger partial charge on any atom is -0.481 e. The van der Waals surface area contributed by atoms with Gasteiger partial charge in [0.05, 0.1) is 12.5 Å². The van der Waals surface area contributed by atoms with Gasteiger partial charge < -0.3 is 15.1 Å². The number of aliphatic carboxylic acids is 1. The monoisotopic (exact) mass is 337 g/mol. The number of nitrogens with zero attached hydrogens (tertiary/aromatic N) is 1. The van der Waals surface area contributed by atoms with Crippen molar-refractivity contribution in [1.29, 1.82) is 0 Å². The lowest BCUT2D eigenvalue weighted by Crippen LogP contribution is -2.37. The number of aliphatic hydroxyl groups is 1. The van der Waals surface area contributed by atoms with Crippen molar-refractivity contribution in [3.8, 4) is 0 Å². The average Bonchev–Trinajstić information content (AvgIpc) is 2.32. The van der Waals surface area contributed by atoms with Crippen molar-refractivity contribution in [2.75, 3.05) is 23.7 Å². The summed E-state index contributed by atoms with van der Waals surface area (Å²) in [5, 5.41) is 18.9. The molecule has 0 aliphatic heterocycles. The van der Waals surface area contributed by atoms with Crippen LogP contribution in [-0.4, -0.2) is 54.1 Å². The summed E-state index contributed by atoms with van der Waals surface area (Å²) in [6.45, 7) is -0.0778. The van der Waals surface area contributed by atoms with E-state index in [0.29, 0.717) is 10.7 Å². The molecular formula is C12H16ClNO6S. The van der Waals surface area contributed by atoms with Gasteiger partial charge in [-0.25, -0.2) is 0 Å². The van der Waals surface area contributed by atoms with Gasteiger partial charge >= 0.3 is 5.97 Å². The van der Waals surface area contributed by atoms with E-state index >= 15 is 0 Å². The fraction of sp³-hybridized carbons (Fsp3) is 0.417. The highest BCUT2D eigenvalue weighted by atomic mass is 35.5. The Kier molecular flexibility index (Phi) is 6.41. The molecule has 1 unspecified atom stereocenters. The topological polar surface area (TPSA) is 115 Å². The number of hydrogen-bond donors (Lipinski definition) is 3. The SMILES string of the molecule is O=C(O)CCN(CC(O)CS(=O)(=O)O)c1cccc(Cl)c1. The summed E-state index contributed by atoms with van der Waals surface area (Å²) in [6, 6.07) is 6.52. The van der Waals surface area contributed by atoms with Gasteiger partial charge in [0, 0.05) is 23.8 Å². The summed E-state index contributed by atoms with van der Waals surface area (Å²) < 4.78 is 30.2. The van der Waals surface area contributed by atoms with Crippen molar-refractivity contribution < 1.29 is 28.0 Å². The maximum atomic E-state index is 10.7. The van der Waals surface area contributed by atoms with Gasteiger partial charge in [0.25, 0.3) is 10.1 Å². The van der Waals surface area contributed by atoms with Crippen LogP contribution in [-0.2, 0) is 14.9 Å². The molecule has 0 aliphatic rings. The number of carboxylic acid groups (broad SMARTS) is 1. The molecule has 21 heavy (non-hydrogen) atoms. The molecule has 1 aromatic carbocycles. The Balaban J connectivity index is 2.84. The molecule has 0 amide bonds. The molecule has 0 aliphatic carbocycles. The standard InChI is InChI=1S/C12H16ClNO6S/c13-9-2-1-3-10(6-9)14(5-4-12(16)17)7-11(15)8-21(18,19)20/h1-3,6,11,15H,4-5,7-8H2,(H,16,17)(H,18,19,20). The molecule has 3 N–H and O–H groups in total. The first-order valence-corrected chi connectivity index (χ1v) is 8.01. The third-order valence-corrected chi connectivity index (χ3v) is 3.64. The smallest absolute Gasteiger partial charge is 0.305 e. The van der Waals surface area contributed by atoms with Crippen molar-refractivity contribution in [3.63, 3.8) is 0 Å². The number of carbonyl (C=O) groups is 1. The minimum absolute atomic E-state index is 0.0677. The lowest BCUT2D eigenvalue weighted by Gasteiger charge is -2.26. The Morgan fingerprint density at radius 1 is 1.38 bits per heavy atom. The van der Waals surface area contributed by atoms with E-state index in [1.807, 2.05) is 0 Å². The number of halogens is 1. The van der Waals surface area contributed by atoms with E-state index in [9.17, 15) is 18.3 Å². The zero-order valence-electron chi connectivity index (χ0n) is 11.0. The Hall–Kier alpha value is -1.35. The quantitative estimate of drug-likeness (QED) is 0.603. The van der Waals surface area contributed by atoms with Gasteiger partial charge in [0.1, 0.15) is 5.75 Å². The van der Waals surface area contributed by atoms with E-state index in [2.05, 4.69) is 0 Å². The van der Waals surface area contributed by atoms with Gasteiger partial charge in [-0.05, 0) is 18.2 Å². The maximum Gasteiger partial charge on any atom is 0.305 e. The summed E-state index contributed by atoms with van der Waals surface area (Å²) in [7, 11) is -4.31. The summed E-state index contributed by atoms with van der Waals surface area (Å²) in [5.74, 6) is -1.84. The molecule has 0 bridgehead atoms. The normalized spacial score (nSPS) is 12.9. The Labute approximate surface area is 127 Å². The lowest BCUT2D eigenvalue weighted by atomic mass is 10.2. The van der Waals surface area contributed by atoms with E-state index in [0.717, 1.165) is 0 Å². The molecular weight excluding hydrogens is 322 g/mol. The van der Waals surface area contributed by atoms with Crippen LogP contribution in [0, 0.1) is 0 Å². The fourth-order valence-electron chi connectivity index (χ4n) is 1.78. The molecule has 1 rings (SSSR count). The molecule has 0 aromatic heterocycles. The third-order valence-electron chi connectivity index (χ3n) is 2.60. The van der Waals surface area contributed by atoms with Gasteiger partial charge in [-0.2, -0.15) is 8.42 Å². The summed E-state index contributed by atoms with van der Waals surface area (Å²) in [6.07, 6.45) is -1.54. The maximum absolute atomic E-state index is 10.7. The largest absolute Gasteiger partial charge is 0.481 e. The van der Waals surface area contributed by atoms with Crippen LogP contribution in [0.4, 0.5) is 5.69 Å². The summed E-state index contributed by atoms with van der Waals surface area (Å²) in [4.78, 5) is 12.2. The first-order chi connectivity index (χ1) is 9.67. The molecule has 0 radical (unpaired) electrons. The molecule has 0 heterocycles. The first kappa shape index (κ1) is 17.7. The summed E-state index contributed by atoms with van der Waals surface area (Å²) in [5.41, 5.74) is 0.554. The molecule has 0 fully saturated rings. The van der Waals surface area contributed by atoms with Gasteiger partial charge in [-0.15, -0.1) is 0 Å². The molecule has 9 heteroatoms. The van der Waals surface area contributed by atoms with Crippen LogP contribution in [0.15, 0.2) is 24.3 Å². The second-order valence-corrected chi connectivity index (χ2v) is 6.41. The zero-order valence-corrected chi connectivity index (χ0v) is 12.6. The lowest BCUT2D eigenvalue weighted by molar-refractivity contribution is -0.136. The number of carboxylic acids is 1. The second-order valence-electron chi connectivity index (χ2n) is 4.47. The second kappa shape index (κ2) is 7.60. The van der Waals surface area contributed by atoms with Crippen molar-refractivity contribution in [2.24, 2.45) is 0 Å². The number of rotatable bonds is 8. The van der Waals surface area contributed by atoms with E-state index < -0.39 is 27.9 Å².